The van der Waals surface area contributed by atoms with Gasteiger partial charge in [-0.2, -0.15) is 4.31 Å². The number of anilines is 1. The number of rotatable bonds is 7. The molecule has 9 heteroatoms. The number of sulfonamides is 1. The first-order chi connectivity index (χ1) is 15.4. The number of benzene rings is 2. The highest BCUT2D eigenvalue weighted by Gasteiger charge is 2.28. The molecule has 1 aliphatic heterocycles. The van der Waals surface area contributed by atoms with E-state index < -0.39 is 10.0 Å². The van der Waals surface area contributed by atoms with Crippen LogP contribution in [-0.2, 0) is 16.4 Å². The Labute approximate surface area is 189 Å². The molecule has 0 spiro atoms. The Morgan fingerprint density at radius 2 is 1.66 bits per heavy atom. The van der Waals surface area contributed by atoms with Gasteiger partial charge >= 0.3 is 0 Å². The molecule has 32 heavy (non-hydrogen) atoms. The molecule has 0 bridgehead atoms. The number of ether oxygens (including phenoxy) is 1. The Hall–Kier alpha value is -2.75. The first-order valence-corrected chi connectivity index (χ1v) is 12.1. The fourth-order valence-electron chi connectivity index (χ4n) is 3.91. The molecule has 2 aromatic carbocycles. The zero-order valence-electron chi connectivity index (χ0n) is 18.7. The van der Waals surface area contributed by atoms with Gasteiger partial charge in [0, 0.05) is 58.6 Å². The molecule has 0 N–H and O–H groups in total. The molecule has 1 saturated heterocycles. The second-order valence-electron chi connectivity index (χ2n) is 8.05. The van der Waals surface area contributed by atoms with Gasteiger partial charge in [-0.3, -0.25) is 0 Å². The van der Waals surface area contributed by atoms with Crippen LogP contribution in [-0.4, -0.2) is 81.5 Å². The lowest BCUT2D eigenvalue weighted by molar-refractivity contribution is 0.189. The summed E-state index contributed by atoms with van der Waals surface area (Å²) in [5, 5.41) is 1.04. The van der Waals surface area contributed by atoms with E-state index in [0.717, 1.165) is 35.5 Å². The standard InChI is InChI=1S/C23H29N5O3S/c1-26(2)23-20-6-4-5-7-21(20)24-22(25-23)12-13-27-14-16-28(17-15-27)32(29,30)19-10-8-18(31-3)9-11-19/h4-11H,12-17H2,1-3H3. The van der Waals surface area contributed by atoms with Gasteiger partial charge in [-0.1, -0.05) is 12.1 Å². The minimum atomic E-state index is -3.50. The van der Waals surface area contributed by atoms with Crippen LogP contribution in [0.2, 0.25) is 0 Å². The van der Waals surface area contributed by atoms with Crippen LogP contribution >= 0.6 is 0 Å². The van der Waals surface area contributed by atoms with Crippen molar-refractivity contribution in [3.63, 3.8) is 0 Å². The highest BCUT2D eigenvalue weighted by Crippen LogP contribution is 2.23. The summed E-state index contributed by atoms with van der Waals surface area (Å²) in [4.78, 5) is 14.1. The molecule has 0 unspecified atom stereocenters. The molecule has 0 radical (unpaired) electrons. The third-order valence-electron chi connectivity index (χ3n) is 5.73. The first kappa shape index (κ1) is 22.4. The van der Waals surface area contributed by atoms with Crippen molar-refractivity contribution in [2.45, 2.75) is 11.3 Å². The van der Waals surface area contributed by atoms with E-state index in [9.17, 15) is 8.42 Å². The van der Waals surface area contributed by atoms with Gasteiger partial charge in [0.2, 0.25) is 10.0 Å². The van der Waals surface area contributed by atoms with Crippen LogP contribution < -0.4 is 9.64 Å². The van der Waals surface area contributed by atoms with Gasteiger partial charge in [-0.25, -0.2) is 18.4 Å². The molecule has 8 nitrogen and oxygen atoms in total. The Bertz CT molecular complexity index is 1170. The van der Waals surface area contributed by atoms with Crippen molar-refractivity contribution in [2.75, 3.05) is 58.8 Å². The quantitative estimate of drug-likeness (QED) is 0.541. The third kappa shape index (κ3) is 4.69. The van der Waals surface area contributed by atoms with Crippen molar-refractivity contribution in [3.05, 3.63) is 54.4 Å². The van der Waals surface area contributed by atoms with Gasteiger partial charge in [0.25, 0.3) is 0 Å². The van der Waals surface area contributed by atoms with Crippen molar-refractivity contribution in [3.8, 4) is 5.75 Å². The number of nitrogens with zero attached hydrogens (tertiary/aromatic N) is 5. The zero-order chi connectivity index (χ0) is 22.7. The molecule has 1 aliphatic rings. The second kappa shape index (κ2) is 9.40. The van der Waals surface area contributed by atoms with E-state index >= 15 is 0 Å². The third-order valence-corrected chi connectivity index (χ3v) is 7.65. The number of methoxy groups -OCH3 is 1. The maximum atomic E-state index is 12.9. The van der Waals surface area contributed by atoms with Gasteiger partial charge in [0.1, 0.15) is 17.4 Å². The maximum absolute atomic E-state index is 12.9. The van der Waals surface area contributed by atoms with E-state index in [1.54, 1.807) is 35.7 Å². The number of hydrogen-bond acceptors (Lipinski definition) is 7. The highest BCUT2D eigenvalue weighted by molar-refractivity contribution is 7.89. The Balaban J connectivity index is 1.38. The lowest BCUT2D eigenvalue weighted by atomic mass is 10.2. The average molecular weight is 456 g/mol. The lowest BCUT2D eigenvalue weighted by Gasteiger charge is -2.33. The Morgan fingerprint density at radius 3 is 2.31 bits per heavy atom. The molecule has 0 saturated carbocycles. The molecule has 0 atom stereocenters. The van der Waals surface area contributed by atoms with E-state index in [-0.39, 0.29) is 0 Å². The van der Waals surface area contributed by atoms with Gasteiger partial charge in [0.15, 0.2) is 0 Å². The van der Waals surface area contributed by atoms with E-state index in [1.807, 2.05) is 43.3 Å². The van der Waals surface area contributed by atoms with Crippen molar-refractivity contribution < 1.29 is 13.2 Å². The van der Waals surface area contributed by atoms with Gasteiger partial charge in [-0.05, 0) is 36.4 Å². The van der Waals surface area contributed by atoms with Crippen LogP contribution in [0.1, 0.15) is 5.82 Å². The fourth-order valence-corrected chi connectivity index (χ4v) is 5.33. The lowest BCUT2D eigenvalue weighted by Crippen LogP contribution is -2.49. The van der Waals surface area contributed by atoms with Crippen molar-refractivity contribution in [1.82, 2.24) is 19.2 Å². The van der Waals surface area contributed by atoms with Crippen molar-refractivity contribution in [1.29, 1.82) is 0 Å². The molecule has 3 aromatic rings. The number of fused-ring (bicyclic) bond motifs is 1. The molecular weight excluding hydrogens is 426 g/mol. The Kier molecular flexibility index (Phi) is 6.59. The van der Waals surface area contributed by atoms with Crippen LogP contribution in [0, 0.1) is 0 Å². The maximum Gasteiger partial charge on any atom is 0.243 e. The topological polar surface area (TPSA) is 78.9 Å². The molecule has 2 heterocycles. The van der Waals surface area contributed by atoms with Crippen molar-refractivity contribution >= 4 is 26.7 Å². The first-order valence-electron chi connectivity index (χ1n) is 10.7. The van der Waals surface area contributed by atoms with Crippen LogP contribution in [0.5, 0.6) is 5.75 Å². The molecule has 1 fully saturated rings. The SMILES string of the molecule is COc1ccc(S(=O)(=O)N2CCN(CCc3nc(N(C)C)c4ccccc4n3)CC2)cc1. The predicted molar refractivity (Wildman–Crippen MR) is 126 cm³/mol. The van der Waals surface area contributed by atoms with E-state index in [0.29, 0.717) is 36.8 Å². The summed E-state index contributed by atoms with van der Waals surface area (Å²) >= 11 is 0. The molecular formula is C23H29N5O3S. The van der Waals surface area contributed by atoms with Crippen LogP contribution in [0.15, 0.2) is 53.4 Å². The number of piperazine rings is 1. The summed E-state index contributed by atoms with van der Waals surface area (Å²) in [5.74, 6) is 2.36. The van der Waals surface area contributed by atoms with Gasteiger partial charge in [-0.15, -0.1) is 0 Å². The molecule has 1 aromatic heterocycles. The fraction of sp³-hybridized carbons (Fsp3) is 0.391. The largest absolute Gasteiger partial charge is 0.497 e. The van der Waals surface area contributed by atoms with E-state index in [1.165, 1.54) is 0 Å². The van der Waals surface area contributed by atoms with Crippen LogP contribution in [0.4, 0.5) is 5.82 Å². The van der Waals surface area contributed by atoms with Crippen LogP contribution in [0.25, 0.3) is 10.9 Å². The Morgan fingerprint density at radius 1 is 0.969 bits per heavy atom. The highest BCUT2D eigenvalue weighted by atomic mass is 32.2. The molecule has 4 rings (SSSR count). The minimum Gasteiger partial charge on any atom is -0.497 e. The monoisotopic (exact) mass is 455 g/mol. The van der Waals surface area contributed by atoms with E-state index in [2.05, 4.69) is 4.90 Å². The summed E-state index contributed by atoms with van der Waals surface area (Å²) in [6.45, 7) is 3.10. The summed E-state index contributed by atoms with van der Waals surface area (Å²) in [6, 6.07) is 14.6. The number of hydrogen-bond donors (Lipinski definition) is 0. The summed E-state index contributed by atoms with van der Waals surface area (Å²) in [7, 11) is 2.04. The summed E-state index contributed by atoms with van der Waals surface area (Å²) in [6.07, 6.45) is 0.719. The van der Waals surface area contributed by atoms with E-state index in [4.69, 9.17) is 14.7 Å². The predicted octanol–water partition coefficient (Wildman–Crippen LogP) is 2.25. The normalized spacial score (nSPS) is 15.7. The molecule has 0 aliphatic carbocycles. The van der Waals surface area contributed by atoms with Crippen molar-refractivity contribution in [2.24, 2.45) is 0 Å². The zero-order valence-corrected chi connectivity index (χ0v) is 19.5. The number of aromatic nitrogens is 2. The second-order valence-corrected chi connectivity index (χ2v) is 9.98. The molecule has 170 valence electrons. The molecule has 0 amide bonds. The minimum absolute atomic E-state index is 0.299. The van der Waals surface area contributed by atoms with Crippen LogP contribution in [0.3, 0.4) is 0 Å². The smallest absolute Gasteiger partial charge is 0.243 e. The van der Waals surface area contributed by atoms with Gasteiger partial charge < -0.3 is 14.5 Å². The average Bonchev–Trinajstić information content (AvgIpc) is 2.82. The number of para-hydroxylation sites is 1. The summed E-state index contributed by atoms with van der Waals surface area (Å²) < 4.78 is 32.6. The summed E-state index contributed by atoms with van der Waals surface area (Å²) in [5.41, 5.74) is 0.941. The van der Waals surface area contributed by atoms with Gasteiger partial charge in [0.05, 0.1) is 17.5 Å².